The second kappa shape index (κ2) is 7.00. The van der Waals surface area contributed by atoms with Crippen molar-refractivity contribution >= 4 is 56.2 Å². The van der Waals surface area contributed by atoms with E-state index in [0.29, 0.717) is 25.3 Å². The molecule has 28 heavy (non-hydrogen) atoms. The number of carbonyl (C=O) groups is 1. The fraction of sp³-hybridized carbons (Fsp3) is 0.211. The minimum atomic E-state index is -3.93. The Bertz CT molecular complexity index is 1100. The van der Waals surface area contributed by atoms with E-state index in [1.165, 1.54) is 23.9 Å². The van der Waals surface area contributed by atoms with Crippen LogP contribution in [0.25, 0.3) is 10.9 Å². The van der Waals surface area contributed by atoms with Gasteiger partial charge in [-0.3, -0.25) is 0 Å². The first-order valence-electron chi connectivity index (χ1n) is 8.26. The van der Waals surface area contributed by atoms with Gasteiger partial charge in [0.05, 0.1) is 11.4 Å². The molecule has 9 heteroatoms. The normalized spacial score (nSPS) is 16.5. The van der Waals surface area contributed by atoms with Gasteiger partial charge in [-0.15, -0.1) is 0 Å². The number of benzene rings is 2. The van der Waals surface area contributed by atoms with Crippen LogP contribution >= 0.6 is 39.3 Å². The van der Waals surface area contributed by atoms with E-state index >= 15 is 0 Å². The third-order valence-electron chi connectivity index (χ3n) is 4.80. The van der Waals surface area contributed by atoms with Crippen LogP contribution in [0.4, 0.5) is 13.2 Å². The van der Waals surface area contributed by atoms with Crippen LogP contribution in [0.1, 0.15) is 18.0 Å². The Morgan fingerprint density at radius 2 is 1.96 bits per heavy atom. The number of nitrogens with zero attached hydrogens (tertiary/aromatic N) is 1. The van der Waals surface area contributed by atoms with Crippen molar-refractivity contribution in [3.63, 3.8) is 0 Å². The van der Waals surface area contributed by atoms with Crippen LogP contribution in [0, 0.1) is 5.82 Å². The van der Waals surface area contributed by atoms with E-state index in [1.807, 2.05) is 0 Å². The summed E-state index contributed by atoms with van der Waals surface area (Å²) >= 11 is 10.5. The highest BCUT2D eigenvalue weighted by atomic mass is 79.9. The molecule has 0 radical (unpaired) electrons. The van der Waals surface area contributed by atoms with E-state index in [9.17, 15) is 18.0 Å². The van der Waals surface area contributed by atoms with Crippen molar-refractivity contribution in [1.82, 2.24) is 4.57 Å². The third-order valence-corrected chi connectivity index (χ3v) is 6.81. The zero-order valence-electron chi connectivity index (χ0n) is 14.1. The Morgan fingerprint density at radius 3 is 2.61 bits per heavy atom. The maximum absolute atomic E-state index is 14.5. The number of rotatable bonds is 4. The molecule has 3 aromatic rings. The van der Waals surface area contributed by atoms with Crippen LogP contribution in [0.5, 0.6) is 0 Å². The maximum atomic E-state index is 14.5. The van der Waals surface area contributed by atoms with Crippen LogP contribution in [0.15, 0.2) is 50.7 Å². The standard InChI is InChI=1S/C19H12BrClF3NO2S/c20-13-7-10(22)8-14-15(13)17(28-11-3-1-9(21)2-4-11)16-12(5-6-25(14)16)19(23,24)18(26)27/h1-4,7-8,12H,5-6H2,(H,26,27). The minimum absolute atomic E-state index is 0.0348. The van der Waals surface area contributed by atoms with E-state index in [1.54, 1.807) is 28.8 Å². The number of carboxylic acids is 1. The van der Waals surface area contributed by atoms with Gasteiger partial charge in [-0.1, -0.05) is 23.4 Å². The van der Waals surface area contributed by atoms with Gasteiger partial charge in [0.1, 0.15) is 5.82 Å². The molecule has 4 rings (SSSR count). The van der Waals surface area contributed by atoms with Crippen LogP contribution < -0.4 is 0 Å². The van der Waals surface area contributed by atoms with Gasteiger partial charge in [0.25, 0.3) is 0 Å². The van der Waals surface area contributed by atoms with Gasteiger partial charge >= 0.3 is 11.9 Å². The average Bonchev–Trinajstić information content (AvgIpc) is 3.17. The summed E-state index contributed by atoms with van der Waals surface area (Å²) in [6, 6.07) is 9.42. The van der Waals surface area contributed by atoms with Gasteiger partial charge in [-0.2, -0.15) is 8.78 Å². The zero-order valence-corrected chi connectivity index (χ0v) is 17.2. The lowest BCUT2D eigenvalue weighted by Crippen LogP contribution is -2.34. The highest BCUT2D eigenvalue weighted by Crippen LogP contribution is 2.52. The molecule has 1 unspecified atom stereocenters. The first-order chi connectivity index (χ1) is 13.2. The molecule has 0 aliphatic carbocycles. The van der Waals surface area contributed by atoms with E-state index in [2.05, 4.69) is 15.9 Å². The Kier molecular flexibility index (Phi) is 4.92. The van der Waals surface area contributed by atoms with Crippen LogP contribution in [0.2, 0.25) is 5.02 Å². The Hall–Kier alpha value is -1.64. The molecule has 1 atom stereocenters. The van der Waals surface area contributed by atoms with E-state index < -0.39 is 23.6 Å². The fourth-order valence-corrected chi connectivity index (χ4v) is 5.64. The molecule has 1 aliphatic rings. The van der Waals surface area contributed by atoms with Crippen molar-refractivity contribution in [2.24, 2.45) is 0 Å². The van der Waals surface area contributed by atoms with Gasteiger partial charge in [0.2, 0.25) is 0 Å². The fourth-order valence-electron chi connectivity index (χ4n) is 3.59. The summed E-state index contributed by atoms with van der Waals surface area (Å²) < 4.78 is 45.0. The van der Waals surface area contributed by atoms with E-state index in [4.69, 9.17) is 16.7 Å². The quantitative estimate of drug-likeness (QED) is 0.451. The van der Waals surface area contributed by atoms with Gasteiger partial charge < -0.3 is 9.67 Å². The van der Waals surface area contributed by atoms with Gasteiger partial charge in [-0.25, -0.2) is 9.18 Å². The monoisotopic (exact) mass is 489 g/mol. The first kappa shape index (κ1) is 19.7. The molecule has 2 aromatic carbocycles. The number of fused-ring (bicyclic) bond motifs is 3. The second-order valence-corrected chi connectivity index (χ2v) is 8.85. The molecule has 1 N–H and O–H groups in total. The largest absolute Gasteiger partial charge is 0.477 e. The first-order valence-corrected chi connectivity index (χ1v) is 10.2. The summed E-state index contributed by atoms with van der Waals surface area (Å²) in [5, 5.41) is 10.2. The molecule has 0 fully saturated rings. The number of hydrogen-bond donors (Lipinski definition) is 1. The lowest BCUT2D eigenvalue weighted by atomic mass is 9.96. The maximum Gasteiger partial charge on any atom is 0.375 e. The van der Waals surface area contributed by atoms with E-state index in [-0.39, 0.29) is 18.7 Å². The molecule has 1 aliphatic heterocycles. The van der Waals surface area contributed by atoms with Crippen molar-refractivity contribution < 1.29 is 23.1 Å². The van der Waals surface area contributed by atoms with Crippen LogP contribution in [-0.2, 0) is 11.3 Å². The molecule has 0 bridgehead atoms. The molecular formula is C19H12BrClF3NO2S. The third kappa shape index (κ3) is 3.11. The molecule has 0 saturated carbocycles. The summed E-state index contributed by atoms with van der Waals surface area (Å²) in [4.78, 5) is 12.5. The molecule has 1 aromatic heterocycles. The second-order valence-electron chi connectivity index (χ2n) is 6.47. The Labute approximate surface area is 175 Å². The van der Waals surface area contributed by atoms with Crippen molar-refractivity contribution in [1.29, 1.82) is 0 Å². The van der Waals surface area contributed by atoms with Crippen molar-refractivity contribution in [2.45, 2.75) is 34.6 Å². The molecule has 0 saturated heterocycles. The SMILES string of the molecule is O=C(O)C(F)(F)C1CCn2c1c(Sc1ccc(Cl)cc1)c1c(Br)cc(F)cc12. The topological polar surface area (TPSA) is 42.2 Å². The molecule has 3 nitrogen and oxygen atoms in total. The number of aliphatic carboxylic acids is 1. The molecule has 146 valence electrons. The minimum Gasteiger partial charge on any atom is -0.477 e. The van der Waals surface area contributed by atoms with Crippen LogP contribution in [-0.4, -0.2) is 21.6 Å². The van der Waals surface area contributed by atoms with Gasteiger partial charge in [-0.05, 0) is 58.7 Å². The number of aryl methyl sites for hydroxylation is 1. The lowest BCUT2D eigenvalue weighted by Gasteiger charge is -2.20. The van der Waals surface area contributed by atoms with Crippen molar-refractivity contribution in [3.8, 4) is 0 Å². The zero-order chi connectivity index (χ0) is 20.2. The highest BCUT2D eigenvalue weighted by Gasteiger charge is 2.52. The van der Waals surface area contributed by atoms with Crippen molar-refractivity contribution in [2.75, 3.05) is 0 Å². The number of aromatic nitrogens is 1. The number of halogens is 5. The lowest BCUT2D eigenvalue weighted by molar-refractivity contribution is -0.168. The molecule has 0 spiro atoms. The molecule has 2 heterocycles. The summed E-state index contributed by atoms with van der Waals surface area (Å²) in [6.07, 6.45) is -0.0348. The molecular weight excluding hydrogens is 479 g/mol. The number of carboxylic acid groups (broad SMARTS) is 1. The number of hydrogen-bond acceptors (Lipinski definition) is 2. The highest BCUT2D eigenvalue weighted by molar-refractivity contribution is 9.10. The Morgan fingerprint density at radius 1 is 1.29 bits per heavy atom. The predicted molar refractivity (Wildman–Crippen MR) is 105 cm³/mol. The van der Waals surface area contributed by atoms with E-state index in [0.717, 1.165) is 4.90 Å². The molecule has 0 amide bonds. The summed E-state index contributed by atoms with van der Waals surface area (Å²) in [5.41, 5.74) is 0.677. The summed E-state index contributed by atoms with van der Waals surface area (Å²) in [5.74, 6) is -8.09. The smallest absolute Gasteiger partial charge is 0.375 e. The van der Waals surface area contributed by atoms with Gasteiger partial charge in [0, 0.05) is 36.9 Å². The number of alkyl halides is 2. The van der Waals surface area contributed by atoms with Gasteiger partial charge in [0.15, 0.2) is 0 Å². The summed E-state index contributed by atoms with van der Waals surface area (Å²) in [6.45, 7) is 0.191. The van der Waals surface area contributed by atoms with Crippen LogP contribution in [0.3, 0.4) is 0 Å². The Balaban J connectivity index is 1.96. The summed E-state index contributed by atoms with van der Waals surface area (Å²) in [7, 11) is 0. The predicted octanol–water partition coefficient (Wildman–Crippen LogP) is 6.55. The van der Waals surface area contributed by atoms with Crippen molar-refractivity contribution in [3.05, 3.63) is 57.4 Å². The average molecular weight is 491 g/mol.